The Morgan fingerprint density at radius 1 is 0.971 bits per heavy atom. The number of hydrogen-bond donors (Lipinski definition) is 2. The van der Waals surface area contributed by atoms with Gasteiger partial charge in [0, 0.05) is 31.6 Å². The summed E-state index contributed by atoms with van der Waals surface area (Å²) < 4.78 is 23.4. The van der Waals surface area contributed by atoms with Gasteiger partial charge in [0.25, 0.3) is 0 Å². The van der Waals surface area contributed by atoms with Gasteiger partial charge in [0.2, 0.25) is 5.91 Å². The van der Waals surface area contributed by atoms with Crippen LogP contribution in [0, 0.1) is 6.92 Å². The number of amides is 1. The summed E-state index contributed by atoms with van der Waals surface area (Å²) in [6.07, 6.45) is 0. The Labute approximate surface area is 205 Å². The summed E-state index contributed by atoms with van der Waals surface area (Å²) in [5.74, 6) is 3.16. The van der Waals surface area contributed by atoms with E-state index in [1.54, 1.807) is 0 Å². The van der Waals surface area contributed by atoms with Crippen LogP contribution in [-0.2, 0) is 11.4 Å². The lowest BCUT2D eigenvalue weighted by molar-refractivity contribution is -0.118. The van der Waals surface area contributed by atoms with Gasteiger partial charge in [-0.25, -0.2) is 0 Å². The first-order valence-electron chi connectivity index (χ1n) is 11.9. The summed E-state index contributed by atoms with van der Waals surface area (Å²) in [6, 6.07) is 18.4. The first-order valence-corrected chi connectivity index (χ1v) is 11.9. The van der Waals surface area contributed by atoms with Crippen LogP contribution in [0.25, 0.3) is 11.1 Å². The van der Waals surface area contributed by atoms with Gasteiger partial charge in [0.15, 0.2) is 11.5 Å². The normalized spacial score (nSPS) is 15.8. The molecule has 0 aliphatic carbocycles. The third kappa shape index (κ3) is 5.20. The van der Waals surface area contributed by atoms with Crippen LogP contribution >= 0.6 is 0 Å². The Morgan fingerprint density at radius 3 is 2.69 bits per heavy atom. The molecule has 5 rings (SSSR count). The van der Waals surface area contributed by atoms with E-state index in [0.717, 1.165) is 45.3 Å². The Kier molecular flexibility index (Phi) is 6.77. The van der Waals surface area contributed by atoms with Gasteiger partial charge in [-0.05, 0) is 53.4 Å². The molecule has 1 atom stereocenters. The Balaban J connectivity index is 1.24. The molecule has 0 saturated carbocycles. The van der Waals surface area contributed by atoms with E-state index in [9.17, 15) is 4.79 Å². The summed E-state index contributed by atoms with van der Waals surface area (Å²) in [7, 11) is 0. The van der Waals surface area contributed by atoms with Gasteiger partial charge in [-0.3, -0.25) is 4.79 Å². The second-order valence-electron chi connectivity index (χ2n) is 8.74. The Morgan fingerprint density at radius 2 is 1.83 bits per heavy atom. The van der Waals surface area contributed by atoms with Crippen molar-refractivity contribution in [2.24, 2.45) is 0 Å². The number of ether oxygens (including phenoxy) is 4. The second kappa shape index (κ2) is 10.3. The number of hydrogen-bond acceptors (Lipinski definition) is 6. The molecule has 0 fully saturated rings. The highest BCUT2D eigenvalue weighted by molar-refractivity contribution is 5.73. The molecule has 2 aliphatic rings. The molecule has 7 nitrogen and oxygen atoms in total. The zero-order valence-corrected chi connectivity index (χ0v) is 20.1. The van der Waals surface area contributed by atoms with E-state index in [0.29, 0.717) is 39.5 Å². The quantitative estimate of drug-likeness (QED) is 0.477. The average molecular weight is 475 g/mol. The first kappa shape index (κ1) is 23.1. The molecule has 0 spiro atoms. The molecule has 0 unspecified atom stereocenters. The predicted octanol–water partition coefficient (Wildman–Crippen LogP) is 4.17. The average Bonchev–Trinajstić information content (AvgIpc) is 3.28. The highest BCUT2D eigenvalue weighted by Gasteiger charge is 2.24. The molecule has 0 radical (unpaired) electrons. The van der Waals surface area contributed by atoms with Crippen molar-refractivity contribution in [1.29, 1.82) is 0 Å². The van der Waals surface area contributed by atoms with Crippen LogP contribution in [0.15, 0.2) is 54.6 Å². The number of carbonyl (C=O) groups is 1. The Hall–Kier alpha value is -3.71. The minimum absolute atomic E-state index is 0.0243. The van der Waals surface area contributed by atoms with E-state index in [4.69, 9.17) is 18.9 Å². The maximum atomic E-state index is 11.0. The molecule has 3 aromatic rings. The van der Waals surface area contributed by atoms with Gasteiger partial charge in [-0.2, -0.15) is 0 Å². The molecule has 2 N–H and O–H groups in total. The fourth-order valence-electron chi connectivity index (χ4n) is 4.46. The van der Waals surface area contributed by atoms with Crippen molar-refractivity contribution < 1.29 is 23.7 Å². The summed E-state index contributed by atoms with van der Waals surface area (Å²) in [5, 5.41) is 6.21. The fraction of sp³-hybridized carbons (Fsp3) is 0.321. The van der Waals surface area contributed by atoms with E-state index in [2.05, 4.69) is 41.8 Å². The minimum Gasteiger partial charge on any atom is -0.491 e. The highest BCUT2D eigenvalue weighted by atomic mass is 16.6. The van der Waals surface area contributed by atoms with Crippen LogP contribution in [0.2, 0.25) is 0 Å². The van der Waals surface area contributed by atoms with Gasteiger partial charge >= 0.3 is 0 Å². The molecule has 2 aliphatic heterocycles. The van der Waals surface area contributed by atoms with Crippen LogP contribution in [0.3, 0.4) is 0 Å². The van der Waals surface area contributed by atoms with Crippen molar-refractivity contribution in [3.05, 3.63) is 71.3 Å². The van der Waals surface area contributed by atoms with Crippen molar-refractivity contribution in [2.75, 3.05) is 32.9 Å². The number of nitrogens with one attached hydrogen (secondary N) is 2. The predicted molar refractivity (Wildman–Crippen MR) is 133 cm³/mol. The minimum atomic E-state index is -0.0243. The number of rotatable bonds is 8. The molecule has 182 valence electrons. The molecule has 0 saturated heterocycles. The Bertz CT molecular complexity index is 1230. The maximum Gasteiger partial charge on any atom is 0.216 e. The SMILES string of the molecule is CC(=O)NCCN[C@@H]1COc2cc(OCc3cccc(-c4ccc5c(c4)OCCO5)c3C)ccc21. The van der Waals surface area contributed by atoms with E-state index < -0.39 is 0 Å². The molecule has 0 bridgehead atoms. The monoisotopic (exact) mass is 474 g/mol. The van der Waals surface area contributed by atoms with Crippen molar-refractivity contribution in [3.8, 4) is 34.1 Å². The smallest absolute Gasteiger partial charge is 0.216 e. The van der Waals surface area contributed by atoms with Crippen molar-refractivity contribution in [3.63, 3.8) is 0 Å². The van der Waals surface area contributed by atoms with Gasteiger partial charge in [0.1, 0.15) is 37.9 Å². The van der Waals surface area contributed by atoms with E-state index in [1.165, 1.54) is 12.5 Å². The molecule has 2 heterocycles. The van der Waals surface area contributed by atoms with Gasteiger partial charge < -0.3 is 29.6 Å². The number of fused-ring (bicyclic) bond motifs is 2. The van der Waals surface area contributed by atoms with E-state index >= 15 is 0 Å². The van der Waals surface area contributed by atoms with Crippen LogP contribution in [-0.4, -0.2) is 38.8 Å². The van der Waals surface area contributed by atoms with Crippen LogP contribution < -0.4 is 29.6 Å². The topological polar surface area (TPSA) is 78.1 Å². The summed E-state index contributed by atoms with van der Waals surface area (Å²) >= 11 is 0. The zero-order valence-electron chi connectivity index (χ0n) is 20.1. The summed E-state index contributed by atoms with van der Waals surface area (Å²) in [6.45, 7) is 7.09. The first-order chi connectivity index (χ1) is 17.1. The zero-order chi connectivity index (χ0) is 24.2. The fourth-order valence-corrected chi connectivity index (χ4v) is 4.46. The standard InChI is InChI=1S/C28H30N2O5/c1-18-21(4-3-5-23(18)20-6-9-26-28(14-20)33-13-12-32-26)16-34-22-7-8-24-25(17-35-27(24)15-22)30-11-10-29-19(2)31/h3-9,14-15,25,30H,10-13,16-17H2,1-2H3,(H,29,31)/t25-/m1/s1. The lowest BCUT2D eigenvalue weighted by atomic mass is 9.96. The summed E-state index contributed by atoms with van der Waals surface area (Å²) in [4.78, 5) is 11.0. The molecule has 3 aromatic carbocycles. The third-order valence-corrected chi connectivity index (χ3v) is 6.35. The lowest BCUT2D eigenvalue weighted by Crippen LogP contribution is -2.32. The van der Waals surface area contributed by atoms with E-state index in [1.807, 2.05) is 30.3 Å². The van der Waals surface area contributed by atoms with Gasteiger partial charge in [-0.15, -0.1) is 0 Å². The molecular weight excluding hydrogens is 444 g/mol. The molecular formula is C28H30N2O5. The number of benzene rings is 3. The van der Waals surface area contributed by atoms with Crippen LogP contribution in [0.1, 0.15) is 29.7 Å². The largest absolute Gasteiger partial charge is 0.491 e. The molecule has 0 aromatic heterocycles. The van der Waals surface area contributed by atoms with Crippen molar-refractivity contribution in [2.45, 2.75) is 26.5 Å². The lowest BCUT2D eigenvalue weighted by Gasteiger charge is -2.20. The molecule has 1 amide bonds. The van der Waals surface area contributed by atoms with Crippen molar-refractivity contribution >= 4 is 5.91 Å². The van der Waals surface area contributed by atoms with Gasteiger partial charge in [0.05, 0.1) is 6.04 Å². The number of carbonyl (C=O) groups excluding carboxylic acids is 1. The van der Waals surface area contributed by atoms with E-state index in [-0.39, 0.29) is 11.9 Å². The van der Waals surface area contributed by atoms with Crippen molar-refractivity contribution in [1.82, 2.24) is 10.6 Å². The second-order valence-corrected chi connectivity index (χ2v) is 8.74. The molecule has 7 heteroatoms. The van der Waals surface area contributed by atoms with Crippen LogP contribution in [0.5, 0.6) is 23.0 Å². The van der Waals surface area contributed by atoms with Crippen LogP contribution in [0.4, 0.5) is 0 Å². The molecule has 35 heavy (non-hydrogen) atoms. The maximum absolute atomic E-state index is 11.0. The third-order valence-electron chi connectivity index (χ3n) is 6.35. The summed E-state index contributed by atoms with van der Waals surface area (Å²) in [5.41, 5.74) is 5.64. The highest BCUT2D eigenvalue weighted by Crippen LogP contribution is 2.37. The van der Waals surface area contributed by atoms with Gasteiger partial charge in [-0.1, -0.05) is 24.3 Å².